The monoisotopic (exact) mass is 445 g/mol. The fraction of sp³-hybridized carbons (Fsp3) is 0.440. The maximum atomic E-state index is 14.4. The number of hydrogen-bond donors (Lipinski definition) is 0. The molecule has 1 amide bonds. The van der Waals surface area contributed by atoms with Crippen LogP contribution in [0.2, 0.25) is 0 Å². The summed E-state index contributed by atoms with van der Waals surface area (Å²) in [6.07, 6.45) is 1.97. The van der Waals surface area contributed by atoms with Crippen LogP contribution in [-0.4, -0.2) is 43.6 Å². The maximum Gasteiger partial charge on any atom is 0.314 e. The molecule has 0 N–H and O–H groups in total. The summed E-state index contributed by atoms with van der Waals surface area (Å²) in [5.41, 5.74) is 0.170. The Morgan fingerprint density at radius 3 is 2.69 bits per heavy atom. The predicted octanol–water partition coefficient (Wildman–Crippen LogP) is 4.32. The number of amides is 1. The highest BCUT2D eigenvalue weighted by atomic mass is 19.1. The minimum Gasteiger partial charge on any atom is -0.497 e. The van der Waals surface area contributed by atoms with Crippen molar-refractivity contribution in [1.82, 2.24) is 4.90 Å². The zero-order valence-electron chi connectivity index (χ0n) is 18.5. The molecule has 0 aliphatic carbocycles. The molecule has 1 aliphatic heterocycles. The van der Waals surface area contributed by atoms with Crippen molar-refractivity contribution in [2.45, 2.75) is 39.0 Å². The molecule has 2 aromatic carbocycles. The number of likely N-dealkylation sites (tertiary alicyclic amines) is 1. The van der Waals surface area contributed by atoms with Crippen LogP contribution in [0.1, 0.15) is 37.3 Å². The molecule has 1 aliphatic rings. The quantitative estimate of drug-likeness (QED) is 0.568. The van der Waals surface area contributed by atoms with Gasteiger partial charge in [-0.05, 0) is 61.9 Å². The third-order valence-corrected chi connectivity index (χ3v) is 5.94. The molecular formula is C25H29F2NO4. The van der Waals surface area contributed by atoms with Crippen LogP contribution in [0, 0.1) is 17.0 Å². The number of nitrogens with zero attached hydrogens (tertiary/aromatic N) is 1. The van der Waals surface area contributed by atoms with Crippen molar-refractivity contribution in [3.8, 4) is 5.75 Å². The second-order valence-corrected chi connectivity index (χ2v) is 8.18. The molecule has 172 valence electrons. The van der Waals surface area contributed by atoms with E-state index in [2.05, 4.69) is 0 Å². The highest BCUT2D eigenvalue weighted by Gasteiger charge is 2.45. The molecule has 0 radical (unpaired) electrons. The number of esters is 1. The summed E-state index contributed by atoms with van der Waals surface area (Å²) >= 11 is 0. The lowest BCUT2D eigenvalue weighted by molar-refractivity contribution is -0.160. The number of rotatable bonds is 8. The van der Waals surface area contributed by atoms with Crippen molar-refractivity contribution in [3.63, 3.8) is 0 Å². The van der Waals surface area contributed by atoms with Crippen molar-refractivity contribution in [1.29, 1.82) is 0 Å². The Balaban J connectivity index is 1.75. The van der Waals surface area contributed by atoms with Gasteiger partial charge in [0.05, 0.1) is 19.1 Å². The van der Waals surface area contributed by atoms with Gasteiger partial charge < -0.3 is 14.4 Å². The van der Waals surface area contributed by atoms with Gasteiger partial charge in [0.25, 0.3) is 0 Å². The number of methoxy groups -OCH3 is 1. The van der Waals surface area contributed by atoms with Gasteiger partial charge in [-0.15, -0.1) is 0 Å². The van der Waals surface area contributed by atoms with Gasteiger partial charge in [0.1, 0.15) is 17.4 Å². The van der Waals surface area contributed by atoms with Crippen molar-refractivity contribution < 1.29 is 27.8 Å². The normalized spacial score (nSPS) is 18.3. The van der Waals surface area contributed by atoms with Gasteiger partial charge in [-0.3, -0.25) is 9.59 Å². The summed E-state index contributed by atoms with van der Waals surface area (Å²) in [4.78, 5) is 27.6. The largest absolute Gasteiger partial charge is 0.497 e. The van der Waals surface area contributed by atoms with Crippen LogP contribution in [-0.2, 0) is 27.2 Å². The van der Waals surface area contributed by atoms with Gasteiger partial charge in [-0.1, -0.05) is 18.2 Å². The molecule has 0 bridgehead atoms. The summed E-state index contributed by atoms with van der Waals surface area (Å²) in [7, 11) is 1.59. The predicted molar refractivity (Wildman–Crippen MR) is 116 cm³/mol. The van der Waals surface area contributed by atoms with E-state index in [0.717, 1.165) is 17.4 Å². The van der Waals surface area contributed by atoms with Gasteiger partial charge >= 0.3 is 5.97 Å². The molecule has 7 heteroatoms. The minimum absolute atomic E-state index is 0.0532. The molecule has 2 aromatic rings. The van der Waals surface area contributed by atoms with Gasteiger partial charge in [0.2, 0.25) is 5.91 Å². The average molecular weight is 446 g/mol. The van der Waals surface area contributed by atoms with E-state index in [4.69, 9.17) is 9.47 Å². The van der Waals surface area contributed by atoms with Gasteiger partial charge in [0.15, 0.2) is 0 Å². The van der Waals surface area contributed by atoms with Gasteiger partial charge in [0, 0.05) is 25.6 Å². The molecule has 1 fully saturated rings. The lowest BCUT2D eigenvalue weighted by atomic mass is 9.74. The van der Waals surface area contributed by atoms with E-state index < -0.39 is 23.0 Å². The molecule has 0 aromatic heterocycles. The van der Waals surface area contributed by atoms with Crippen molar-refractivity contribution in [2.24, 2.45) is 5.41 Å². The smallest absolute Gasteiger partial charge is 0.314 e. The van der Waals surface area contributed by atoms with Crippen LogP contribution < -0.4 is 4.74 Å². The molecule has 1 heterocycles. The molecule has 3 rings (SSSR count). The minimum atomic E-state index is -1.06. The number of aryl methyl sites for hydroxylation is 1. The van der Waals surface area contributed by atoms with E-state index in [1.165, 1.54) is 12.1 Å². The van der Waals surface area contributed by atoms with Crippen LogP contribution >= 0.6 is 0 Å². The summed E-state index contributed by atoms with van der Waals surface area (Å²) in [6, 6.07) is 10.9. The van der Waals surface area contributed by atoms with Crippen molar-refractivity contribution in [3.05, 3.63) is 65.2 Å². The molecular weight excluding hydrogens is 416 g/mol. The molecule has 32 heavy (non-hydrogen) atoms. The highest BCUT2D eigenvalue weighted by Crippen LogP contribution is 2.36. The van der Waals surface area contributed by atoms with Crippen molar-refractivity contribution in [2.75, 3.05) is 26.8 Å². The lowest BCUT2D eigenvalue weighted by Gasteiger charge is -2.41. The first-order chi connectivity index (χ1) is 15.4. The lowest BCUT2D eigenvalue weighted by Crippen LogP contribution is -2.51. The van der Waals surface area contributed by atoms with Crippen LogP contribution in [0.25, 0.3) is 0 Å². The van der Waals surface area contributed by atoms with Gasteiger partial charge in [-0.2, -0.15) is 0 Å². The Bertz CT molecular complexity index is 965. The summed E-state index contributed by atoms with van der Waals surface area (Å²) in [5.74, 6) is -1.16. The molecule has 1 atom stereocenters. The Kier molecular flexibility index (Phi) is 7.83. The first-order valence-corrected chi connectivity index (χ1v) is 10.9. The van der Waals surface area contributed by atoms with Crippen LogP contribution in [0.4, 0.5) is 8.78 Å². The fourth-order valence-electron chi connectivity index (χ4n) is 4.28. The van der Waals surface area contributed by atoms with E-state index in [9.17, 15) is 18.4 Å². The fourth-order valence-corrected chi connectivity index (χ4v) is 4.28. The third-order valence-electron chi connectivity index (χ3n) is 5.94. The summed E-state index contributed by atoms with van der Waals surface area (Å²) in [5, 5.41) is 0. The zero-order chi connectivity index (χ0) is 23.1. The number of halogens is 2. The molecule has 5 nitrogen and oxygen atoms in total. The molecule has 0 saturated carbocycles. The van der Waals surface area contributed by atoms with E-state index in [1.54, 1.807) is 18.9 Å². The van der Waals surface area contributed by atoms with E-state index in [0.29, 0.717) is 25.8 Å². The Morgan fingerprint density at radius 1 is 1.16 bits per heavy atom. The van der Waals surface area contributed by atoms with Crippen molar-refractivity contribution >= 4 is 11.9 Å². The van der Waals surface area contributed by atoms with Crippen LogP contribution in [0.3, 0.4) is 0 Å². The number of hydrogen-bond acceptors (Lipinski definition) is 4. The second-order valence-electron chi connectivity index (χ2n) is 8.18. The van der Waals surface area contributed by atoms with E-state index in [1.807, 2.05) is 24.3 Å². The Hall–Kier alpha value is -2.96. The van der Waals surface area contributed by atoms with E-state index in [-0.39, 0.29) is 37.5 Å². The SMILES string of the molecule is CCOC(=O)[C@@]1(Cc2ccc(F)cc2F)CCCN(C(=O)CCc2cccc(OC)c2)C1. The second kappa shape index (κ2) is 10.6. The summed E-state index contributed by atoms with van der Waals surface area (Å²) < 4.78 is 38.3. The summed E-state index contributed by atoms with van der Waals surface area (Å²) in [6.45, 7) is 2.59. The number of ether oxygens (including phenoxy) is 2. The standard InChI is InChI=1S/C25H29F2NO4/c1-3-32-24(30)25(16-19-9-10-20(26)15-22(19)27)12-5-13-28(17-25)23(29)11-8-18-6-4-7-21(14-18)31-2/h4,6-7,9-10,14-15H,3,5,8,11-13,16-17H2,1-2H3/t25-/m1/s1. The number of carbonyl (C=O) groups is 2. The topological polar surface area (TPSA) is 55.8 Å². The first-order valence-electron chi connectivity index (χ1n) is 10.9. The average Bonchev–Trinajstić information content (AvgIpc) is 2.80. The Morgan fingerprint density at radius 2 is 1.97 bits per heavy atom. The molecule has 0 unspecified atom stereocenters. The van der Waals surface area contributed by atoms with Gasteiger partial charge in [-0.25, -0.2) is 8.78 Å². The van der Waals surface area contributed by atoms with Crippen LogP contribution in [0.5, 0.6) is 5.75 Å². The first kappa shape index (κ1) is 23.7. The Labute approximate surface area is 187 Å². The maximum absolute atomic E-state index is 14.4. The molecule has 1 saturated heterocycles. The number of carbonyl (C=O) groups excluding carboxylic acids is 2. The van der Waals surface area contributed by atoms with E-state index >= 15 is 0 Å². The third kappa shape index (κ3) is 5.64. The zero-order valence-corrected chi connectivity index (χ0v) is 18.5. The highest BCUT2D eigenvalue weighted by molar-refractivity contribution is 5.81. The number of piperidine rings is 1. The van der Waals surface area contributed by atoms with Crippen LogP contribution in [0.15, 0.2) is 42.5 Å². The molecule has 0 spiro atoms. The number of benzene rings is 2.